The molecule has 1 fully saturated rings. The molecule has 0 spiro atoms. The Morgan fingerprint density at radius 2 is 1.81 bits per heavy atom. The number of piperazine rings is 1. The van der Waals surface area contributed by atoms with E-state index in [0.29, 0.717) is 49.5 Å². The summed E-state index contributed by atoms with van der Waals surface area (Å²) in [6.07, 6.45) is 3.63. The van der Waals surface area contributed by atoms with Crippen LogP contribution in [0.1, 0.15) is 30.1 Å². The molecule has 1 amide bonds. The summed E-state index contributed by atoms with van der Waals surface area (Å²) < 4.78 is 12.7. The van der Waals surface area contributed by atoms with Crippen LogP contribution >= 0.6 is 0 Å². The predicted octanol–water partition coefficient (Wildman–Crippen LogP) is 3.36. The number of aromatic nitrogens is 5. The van der Waals surface area contributed by atoms with Crippen molar-refractivity contribution in [1.29, 1.82) is 0 Å². The third-order valence-electron chi connectivity index (χ3n) is 6.25. The highest BCUT2D eigenvalue weighted by molar-refractivity contribution is 5.94. The molecule has 0 N–H and O–H groups in total. The molecule has 36 heavy (non-hydrogen) atoms. The molecule has 1 saturated heterocycles. The highest BCUT2D eigenvalue weighted by Gasteiger charge is 2.25. The zero-order valence-electron chi connectivity index (χ0n) is 20.5. The minimum atomic E-state index is 0.0200. The van der Waals surface area contributed by atoms with E-state index in [1.54, 1.807) is 11.8 Å². The van der Waals surface area contributed by atoms with Crippen molar-refractivity contribution < 1.29 is 14.3 Å². The summed E-state index contributed by atoms with van der Waals surface area (Å²) in [6.45, 7) is 5.27. The van der Waals surface area contributed by atoms with E-state index in [-0.39, 0.29) is 5.91 Å². The van der Waals surface area contributed by atoms with Crippen LogP contribution in [0.3, 0.4) is 0 Å². The molecule has 10 heteroatoms. The Morgan fingerprint density at radius 3 is 2.56 bits per heavy atom. The third-order valence-corrected chi connectivity index (χ3v) is 6.25. The third kappa shape index (κ3) is 4.79. The van der Waals surface area contributed by atoms with Gasteiger partial charge in [-0.05, 0) is 42.8 Å². The molecular weight excluding hydrogens is 458 g/mol. The molecule has 1 aliphatic heterocycles. The lowest BCUT2D eigenvalue weighted by Crippen LogP contribution is -2.49. The van der Waals surface area contributed by atoms with Crippen LogP contribution in [0, 0.1) is 0 Å². The molecule has 0 radical (unpaired) electrons. The Hall–Kier alpha value is -4.21. The molecule has 186 valence electrons. The molecule has 4 aromatic rings. The number of ether oxygens (including phenoxy) is 2. The first-order valence-electron chi connectivity index (χ1n) is 12.2. The molecule has 2 aromatic carbocycles. The maximum atomic E-state index is 13.0. The molecule has 1 aliphatic rings. The van der Waals surface area contributed by atoms with Crippen LogP contribution in [-0.4, -0.2) is 75.7 Å². The fourth-order valence-electron chi connectivity index (χ4n) is 4.22. The van der Waals surface area contributed by atoms with Crippen LogP contribution in [0.2, 0.25) is 0 Å². The van der Waals surface area contributed by atoms with E-state index in [9.17, 15) is 4.79 Å². The van der Waals surface area contributed by atoms with Gasteiger partial charge in [0.15, 0.2) is 17.0 Å². The van der Waals surface area contributed by atoms with Crippen molar-refractivity contribution in [2.24, 2.45) is 0 Å². The van der Waals surface area contributed by atoms with Crippen molar-refractivity contribution in [3.63, 3.8) is 0 Å². The van der Waals surface area contributed by atoms with Gasteiger partial charge in [0.25, 0.3) is 5.91 Å². The van der Waals surface area contributed by atoms with Gasteiger partial charge in [-0.2, -0.15) is 4.68 Å². The van der Waals surface area contributed by atoms with Crippen molar-refractivity contribution in [2.45, 2.75) is 19.8 Å². The molecule has 5 rings (SSSR count). The lowest BCUT2D eigenvalue weighted by molar-refractivity contribution is 0.0746. The number of fused-ring (bicyclic) bond motifs is 1. The summed E-state index contributed by atoms with van der Waals surface area (Å²) in [6, 6.07) is 15.0. The van der Waals surface area contributed by atoms with E-state index in [0.717, 1.165) is 35.8 Å². The van der Waals surface area contributed by atoms with E-state index >= 15 is 0 Å². The van der Waals surface area contributed by atoms with Crippen LogP contribution in [0.15, 0.2) is 54.9 Å². The van der Waals surface area contributed by atoms with E-state index in [2.05, 4.69) is 32.1 Å². The largest absolute Gasteiger partial charge is 0.497 e. The van der Waals surface area contributed by atoms with Gasteiger partial charge >= 0.3 is 0 Å². The summed E-state index contributed by atoms with van der Waals surface area (Å²) in [4.78, 5) is 26.0. The Balaban J connectivity index is 1.27. The van der Waals surface area contributed by atoms with E-state index in [1.165, 1.54) is 6.33 Å². The highest BCUT2D eigenvalue weighted by Crippen LogP contribution is 2.25. The molecule has 0 saturated carbocycles. The zero-order chi connectivity index (χ0) is 24.9. The molecule has 3 heterocycles. The quantitative estimate of drug-likeness (QED) is 0.349. The van der Waals surface area contributed by atoms with Crippen LogP contribution in [-0.2, 0) is 0 Å². The standard InChI is InChI=1S/C26H29N7O3/c1-3-4-16-36-21-10-8-19(9-11-21)26(34)32-14-12-31(13-15-32)24-23-25(28-18-27-24)33(30-29-23)20-6-5-7-22(17-20)35-2/h5-11,17-18H,3-4,12-16H2,1-2H3. The van der Waals surface area contributed by atoms with Crippen molar-refractivity contribution >= 4 is 22.9 Å². The van der Waals surface area contributed by atoms with Crippen molar-refractivity contribution in [2.75, 3.05) is 44.8 Å². The number of hydrogen-bond donors (Lipinski definition) is 0. The van der Waals surface area contributed by atoms with Gasteiger partial charge in [0, 0.05) is 37.8 Å². The number of methoxy groups -OCH3 is 1. The lowest BCUT2D eigenvalue weighted by Gasteiger charge is -2.35. The summed E-state index contributed by atoms with van der Waals surface area (Å²) in [5, 5.41) is 8.69. The van der Waals surface area contributed by atoms with Crippen molar-refractivity contribution in [3.05, 3.63) is 60.4 Å². The Morgan fingerprint density at radius 1 is 1.00 bits per heavy atom. The van der Waals surface area contributed by atoms with Gasteiger partial charge in [-0.3, -0.25) is 4.79 Å². The molecule has 10 nitrogen and oxygen atoms in total. The Bertz CT molecular complexity index is 1330. The van der Waals surface area contributed by atoms with Gasteiger partial charge in [0.05, 0.1) is 19.4 Å². The molecule has 0 bridgehead atoms. The Kier molecular flexibility index (Phi) is 6.92. The zero-order valence-corrected chi connectivity index (χ0v) is 20.5. The minimum Gasteiger partial charge on any atom is -0.497 e. The number of rotatable bonds is 8. The van der Waals surface area contributed by atoms with Gasteiger partial charge in [-0.25, -0.2) is 9.97 Å². The lowest BCUT2D eigenvalue weighted by atomic mass is 10.1. The first-order valence-corrected chi connectivity index (χ1v) is 12.2. The average molecular weight is 488 g/mol. The second-order valence-electron chi connectivity index (χ2n) is 8.58. The number of carbonyl (C=O) groups excluding carboxylic acids is 1. The molecule has 2 aromatic heterocycles. The number of benzene rings is 2. The van der Waals surface area contributed by atoms with Crippen LogP contribution in [0.25, 0.3) is 16.9 Å². The van der Waals surface area contributed by atoms with Gasteiger partial charge in [0.1, 0.15) is 17.8 Å². The van der Waals surface area contributed by atoms with E-state index in [1.807, 2.05) is 53.4 Å². The second kappa shape index (κ2) is 10.6. The normalized spacial score (nSPS) is 13.7. The predicted molar refractivity (Wildman–Crippen MR) is 136 cm³/mol. The first kappa shape index (κ1) is 23.5. The maximum Gasteiger partial charge on any atom is 0.253 e. The summed E-state index contributed by atoms with van der Waals surface area (Å²) >= 11 is 0. The first-order chi connectivity index (χ1) is 17.7. The van der Waals surface area contributed by atoms with Gasteiger partial charge in [-0.1, -0.05) is 24.6 Å². The van der Waals surface area contributed by atoms with Crippen LogP contribution in [0.4, 0.5) is 5.82 Å². The van der Waals surface area contributed by atoms with Crippen LogP contribution < -0.4 is 14.4 Å². The number of amides is 1. The SMILES string of the molecule is CCCCOc1ccc(C(=O)N2CCN(c3ncnc4c3nnn4-c3cccc(OC)c3)CC2)cc1. The van der Waals surface area contributed by atoms with Crippen molar-refractivity contribution in [3.8, 4) is 17.2 Å². The molecular formula is C26H29N7O3. The minimum absolute atomic E-state index is 0.0200. The number of nitrogens with zero attached hydrogens (tertiary/aromatic N) is 7. The molecule has 0 unspecified atom stereocenters. The topological polar surface area (TPSA) is 98.5 Å². The number of unbranched alkanes of at least 4 members (excludes halogenated alkanes) is 1. The Labute approximate surface area is 209 Å². The monoisotopic (exact) mass is 487 g/mol. The van der Waals surface area contributed by atoms with Gasteiger partial charge in [-0.15, -0.1) is 5.10 Å². The van der Waals surface area contributed by atoms with Crippen LogP contribution in [0.5, 0.6) is 11.5 Å². The number of hydrogen-bond acceptors (Lipinski definition) is 8. The van der Waals surface area contributed by atoms with Gasteiger partial charge in [0.2, 0.25) is 0 Å². The summed E-state index contributed by atoms with van der Waals surface area (Å²) in [5.74, 6) is 2.26. The second-order valence-corrected chi connectivity index (χ2v) is 8.58. The summed E-state index contributed by atoms with van der Waals surface area (Å²) in [7, 11) is 1.63. The fraction of sp³-hybridized carbons (Fsp3) is 0.346. The number of carbonyl (C=O) groups is 1. The smallest absolute Gasteiger partial charge is 0.253 e. The average Bonchev–Trinajstić information content (AvgIpc) is 3.38. The molecule has 0 atom stereocenters. The maximum absolute atomic E-state index is 13.0. The highest BCUT2D eigenvalue weighted by atomic mass is 16.5. The van der Waals surface area contributed by atoms with E-state index in [4.69, 9.17) is 9.47 Å². The van der Waals surface area contributed by atoms with Gasteiger partial charge < -0.3 is 19.3 Å². The van der Waals surface area contributed by atoms with E-state index < -0.39 is 0 Å². The summed E-state index contributed by atoms with van der Waals surface area (Å²) in [5.41, 5.74) is 2.71. The van der Waals surface area contributed by atoms with Crippen molar-refractivity contribution in [1.82, 2.24) is 29.9 Å². The molecule has 0 aliphatic carbocycles. The number of anilines is 1. The fourth-order valence-corrected chi connectivity index (χ4v) is 4.22.